The fourth-order valence-electron chi connectivity index (χ4n) is 2.13. The van der Waals surface area contributed by atoms with E-state index in [9.17, 15) is 8.78 Å². The van der Waals surface area contributed by atoms with E-state index in [1.54, 1.807) is 18.5 Å². The van der Waals surface area contributed by atoms with Gasteiger partial charge in [-0.3, -0.25) is 4.98 Å². The molecule has 1 aromatic heterocycles. The van der Waals surface area contributed by atoms with E-state index in [-0.39, 0.29) is 6.04 Å². The maximum atomic E-state index is 13.2. The molecule has 1 unspecified atom stereocenters. The second-order valence-corrected chi connectivity index (χ2v) is 4.49. The first-order valence-corrected chi connectivity index (χ1v) is 6.24. The van der Waals surface area contributed by atoms with Gasteiger partial charge in [-0.2, -0.15) is 0 Å². The Hall–Kier alpha value is -1.81. The van der Waals surface area contributed by atoms with E-state index in [4.69, 9.17) is 5.73 Å². The molecule has 2 N–H and O–H groups in total. The molecule has 2 rings (SSSR count). The van der Waals surface area contributed by atoms with Gasteiger partial charge in [0, 0.05) is 18.4 Å². The van der Waals surface area contributed by atoms with Crippen LogP contribution in [0.3, 0.4) is 0 Å². The first-order valence-electron chi connectivity index (χ1n) is 6.24. The lowest BCUT2D eigenvalue weighted by molar-refractivity contribution is 0.506. The van der Waals surface area contributed by atoms with Crippen molar-refractivity contribution < 1.29 is 8.78 Å². The monoisotopic (exact) mass is 262 g/mol. The Morgan fingerprint density at radius 1 is 1.21 bits per heavy atom. The summed E-state index contributed by atoms with van der Waals surface area (Å²) < 4.78 is 26.0. The average Bonchev–Trinajstić information content (AvgIpc) is 2.43. The molecule has 4 heteroatoms. The Kier molecular flexibility index (Phi) is 4.22. The van der Waals surface area contributed by atoms with E-state index in [2.05, 4.69) is 4.98 Å². The standard InChI is InChI=1S/C15H16F2N2/c1-2-11-9-19-6-5-12(11)15(18)8-10-3-4-13(16)14(17)7-10/h3-7,9,15H,2,8,18H2,1H3. The molecule has 0 spiro atoms. The van der Waals surface area contributed by atoms with Crippen molar-refractivity contribution in [2.24, 2.45) is 5.73 Å². The van der Waals surface area contributed by atoms with E-state index in [0.717, 1.165) is 23.6 Å². The Morgan fingerprint density at radius 2 is 2.00 bits per heavy atom. The normalized spacial score (nSPS) is 12.4. The van der Waals surface area contributed by atoms with Crippen LogP contribution in [0.15, 0.2) is 36.7 Å². The first-order chi connectivity index (χ1) is 9.11. The minimum absolute atomic E-state index is 0.247. The molecule has 0 aliphatic heterocycles. The molecule has 19 heavy (non-hydrogen) atoms. The van der Waals surface area contributed by atoms with E-state index in [0.29, 0.717) is 12.0 Å². The summed E-state index contributed by atoms with van der Waals surface area (Å²) in [5.74, 6) is -1.68. The van der Waals surface area contributed by atoms with Gasteiger partial charge in [0.05, 0.1) is 0 Å². The Balaban J connectivity index is 2.20. The van der Waals surface area contributed by atoms with Crippen molar-refractivity contribution in [3.63, 3.8) is 0 Å². The van der Waals surface area contributed by atoms with Crippen LogP contribution in [0.1, 0.15) is 29.7 Å². The van der Waals surface area contributed by atoms with Crippen LogP contribution in [0.4, 0.5) is 8.78 Å². The van der Waals surface area contributed by atoms with Crippen molar-refractivity contribution in [1.29, 1.82) is 0 Å². The summed E-state index contributed by atoms with van der Waals surface area (Å²) in [7, 11) is 0. The van der Waals surface area contributed by atoms with E-state index in [1.165, 1.54) is 6.07 Å². The molecular formula is C15H16F2N2. The predicted molar refractivity (Wildman–Crippen MR) is 70.6 cm³/mol. The van der Waals surface area contributed by atoms with Crippen LogP contribution in [0.2, 0.25) is 0 Å². The number of aromatic nitrogens is 1. The van der Waals surface area contributed by atoms with Crippen LogP contribution in [0.25, 0.3) is 0 Å². The molecule has 2 aromatic rings. The molecule has 0 radical (unpaired) electrons. The summed E-state index contributed by atoms with van der Waals surface area (Å²) in [6, 6.07) is 5.52. The number of nitrogens with zero attached hydrogens (tertiary/aromatic N) is 1. The van der Waals surface area contributed by atoms with Crippen LogP contribution in [0, 0.1) is 11.6 Å². The van der Waals surface area contributed by atoms with Crippen molar-refractivity contribution in [2.75, 3.05) is 0 Å². The highest BCUT2D eigenvalue weighted by Gasteiger charge is 2.12. The molecule has 1 atom stereocenters. The van der Waals surface area contributed by atoms with Crippen molar-refractivity contribution >= 4 is 0 Å². The lowest BCUT2D eigenvalue weighted by Gasteiger charge is -2.15. The summed E-state index contributed by atoms with van der Waals surface area (Å²) in [4.78, 5) is 4.07. The number of hydrogen-bond donors (Lipinski definition) is 1. The highest BCUT2D eigenvalue weighted by molar-refractivity contribution is 5.29. The molecule has 0 amide bonds. The smallest absolute Gasteiger partial charge is 0.159 e. The molecular weight excluding hydrogens is 246 g/mol. The van der Waals surface area contributed by atoms with Gasteiger partial charge in [0.1, 0.15) is 0 Å². The maximum Gasteiger partial charge on any atom is 0.159 e. The van der Waals surface area contributed by atoms with Crippen molar-refractivity contribution in [3.05, 3.63) is 65.0 Å². The number of rotatable bonds is 4. The Labute approximate surface area is 111 Å². The second-order valence-electron chi connectivity index (χ2n) is 4.49. The summed E-state index contributed by atoms with van der Waals surface area (Å²) in [6.07, 6.45) is 4.79. The molecule has 0 aliphatic carbocycles. The van der Waals surface area contributed by atoms with Crippen molar-refractivity contribution in [1.82, 2.24) is 4.98 Å². The third-order valence-corrected chi connectivity index (χ3v) is 3.16. The van der Waals surface area contributed by atoms with E-state index in [1.807, 2.05) is 13.0 Å². The summed E-state index contributed by atoms with van der Waals surface area (Å²) in [5, 5.41) is 0. The molecule has 1 heterocycles. The van der Waals surface area contributed by atoms with Gasteiger partial charge in [0.25, 0.3) is 0 Å². The maximum absolute atomic E-state index is 13.2. The molecule has 0 aliphatic rings. The Bertz CT molecular complexity index is 570. The fraction of sp³-hybridized carbons (Fsp3) is 0.267. The van der Waals surface area contributed by atoms with Gasteiger partial charge >= 0.3 is 0 Å². The number of halogens is 2. The summed E-state index contributed by atoms with van der Waals surface area (Å²) in [6.45, 7) is 2.03. The highest BCUT2D eigenvalue weighted by atomic mass is 19.2. The topological polar surface area (TPSA) is 38.9 Å². The number of benzene rings is 1. The zero-order valence-corrected chi connectivity index (χ0v) is 10.7. The van der Waals surface area contributed by atoms with Crippen LogP contribution < -0.4 is 5.73 Å². The fourth-order valence-corrected chi connectivity index (χ4v) is 2.13. The van der Waals surface area contributed by atoms with Gasteiger partial charge in [-0.1, -0.05) is 13.0 Å². The van der Waals surface area contributed by atoms with E-state index < -0.39 is 11.6 Å². The van der Waals surface area contributed by atoms with Crippen molar-refractivity contribution in [3.8, 4) is 0 Å². The third-order valence-electron chi connectivity index (χ3n) is 3.16. The minimum atomic E-state index is -0.838. The first kappa shape index (κ1) is 13.6. The minimum Gasteiger partial charge on any atom is -0.324 e. The van der Waals surface area contributed by atoms with Crippen molar-refractivity contribution in [2.45, 2.75) is 25.8 Å². The van der Waals surface area contributed by atoms with Gasteiger partial charge in [-0.15, -0.1) is 0 Å². The summed E-state index contributed by atoms with van der Waals surface area (Å²) in [5.41, 5.74) is 8.92. The zero-order valence-electron chi connectivity index (χ0n) is 10.7. The lowest BCUT2D eigenvalue weighted by atomic mass is 9.96. The SMILES string of the molecule is CCc1cnccc1C(N)Cc1ccc(F)c(F)c1. The van der Waals surface area contributed by atoms with Crippen LogP contribution in [-0.4, -0.2) is 4.98 Å². The Morgan fingerprint density at radius 3 is 2.68 bits per heavy atom. The average molecular weight is 262 g/mol. The van der Waals surface area contributed by atoms with E-state index >= 15 is 0 Å². The highest BCUT2D eigenvalue weighted by Crippen LogP contribution is 2.20. The molecule has 0 saturated heterocycles. The molecule has 1 aromatic carbocycles. The number of hydrogen-bond acceptors (Lipinski definition) is 2. The van der Waals surface area contributed by atoms with Gasteiger partial charge in [0.15, 0.2) is 11.6 Å². The number of pyridine rings is 1. The van der Waals surface area contributed by atoms with Crippen LogP contribution in [0.5, 0.6) is 0 Å². The summed E-state index contributed by atoms with van der Waals surface area (Å²) >= 11 is 0. The molecule has 2 nitrogen and oxygen atoms in total. The zero-order chi connectivity index (χ0) is 13.8. The molecule has 0 bridgehead atoms. The number of aryl methyl sites for hydroxylation is 1. The van der Waals surface area contributed by atoms with Crippen LogP contribution in [-0.2, 0) is 12.8 Å². The second kappa shape index (κ2) is 5.89. The van der Waals surface area contributed by atoms with Gasteiger partial charge in [-0.25, -0.2) is 8.78 Å². The molecule has 0 fully saturated rings. The molecule has 100 valence electrons. The van der Waals surface area contributed by atoms with Gasteiger partial charge in [0.2, 0.25) is 0 Å². The quantitative estimate of drug-likeness (QED) is 0.919. The largest absolute Gasteiger partial charge is 0.324 e. The predicted octanol–water partition coefficient (Wildman–Crippen LogP) is 3.16. The van der Waals surface area contributed by atoms with Gasteiger partial charge < -0.3 is 5.73 Å². The third kappa shape index (κ3) is 3.15. The number of nitrogens with two attached hydrogens (primary N) is 1. The lowest BCUT2D eigenvalue weighted by Crippen LogP contribution is -2.15. The van der Waals surface area contributed by atoms with Gasteiger partial charge in [-0.05, 0) is 47.7 Å². The molecule has 0 saturated carbocycles. The van der Waals surface area contributed by atoms with Crippen LogP contribution >= 0.6 is 0 Å².